The molecule has 224 valence electrons. The summed E-state index contributed by atoms with van der Waals surface area (Å²) in [4.78, 5) is 41.7. The summed E-state index contributed by atoms with van der Waals surface area (Å²) >= 11 is 7.98. The molecule has 14 heteroatoms. The summed E-state index contributed by atoms with van der Waals surface area (Å²) in [5, 5.41) is 23.3. The van der Waals surface area contributed by atoms with Crippen LogP contribution in [0.15, 0.2) is 28.4 Å². The highest BCUT2D eigenvalue weighted by Crippen LogP contribution is 2.40. The van der Waals surface area contributed by atoms with Crippen LogP contribution in [-0.4, -0.2) is 81.2 Å². The Kier molecular flexibility index (Phi) is 9.10. The number of hydrogen-bond acceptors (Lipinski definition) is 11. The van der Waals surface area contributed by atoms with Gasteiger partial charge in [-0.3, -0.25) is 0 Å². The first kappa shape index (κ1) is 30.9. The maximum atomic E-state index is 12.1. The number of carboxylic acid groups (broad SMARTS) is 1. The van der Waals surface area contributed by atoms with E-state index in [0.29, 0.717) is 46.2 Å². The van der Waals surface area contributed by atoms with Crippen LogP contribution in [0.5, 0.6) is 0 Å². The Bertz CT molecular complexity index is 1280. The van der Waals surface area contributed by atoms with E-state index in [4.69, 9.17) is 22.1 Å². The molecule has 0 radical (unpaired) electrons. The van der Waals surface area contributed by atoms with Crippen LogP contribution in [0, 0.1) is 5.41 Å². The first-order valence-corrected chi connectivity index (χ1v) is 14.7. The number of piperidine rings is 2. The maximum absolute atomic E-state index is 12.1. The number of carboxylic acids is 1. The number of aromatic nitrogens is 3. The highest BCUT2D eigenvalue weighted by Gasteiger charge is 2.40. The van der Waals surface area contributed by atoms with Crippen molar-refractivity contribution in [2.45, 2.75) is 74.5 Å². The number of nitrogen functional groups attached to an aromatic ring is 1. The summed E-state index contributed by atoms with van der Waals surface area (Å²) in [5.74, 6) is 0.276. The van der Waals surface area contributed by atoms with Crippen molar-refractivity contribution < 1.29 is 24.5 Å². The van der Waals surface area contributed by atoms with Crippen LogP contribution in [-0.2, 0) is 9.53 Å². The number of aliphatic hydroxyl groups is 1. The number of nitrogens with one attached hydrogen (secondary N) is 1. The molecular weight excluding hydrogens is 570 g/mol. The average molecular weight is 608 g/mol. The van der Waals surface area contributed by atoms with Crippen LogP contribution >= 0.6 is 23.4 Å². The van der Waals surface area contributed by atoms with E-state index in [9.17, 15) is 19.8 Å². The molecule has 0 atom stereocenters. The molecule has 2 aromatic rings. The number of ether oxygens (including phenoxy) is 1. The van der Waals surface area contributed by atoms with Crippen molar-refractivity contribution in [3.8, 4) is 0 Å². The second-order valence-electron chi connectivity index (χ2n) is 11.9. The van der Waals surface area contributed by atoms with Gasteiger partial charge in [-0.1, -0.05) is 30.3 Å². The lowest BCUT2D eigenvalue weighted by atomic mass is 9.80. The van der Waals surface area contributed by atoms with Crippen LogP contribution in [0.1, 0.15) is 53.4 Å². The number of alkyl carbamates (subject to hydrolysis) is 1. The fourth-order valence-electron chi connectivity index (χ4n) is 4.79. The topological polar surface area (TPSA) is 167 Å². The fraction of sp³-hybridized carbons (Fsp3) is 0.593. The summed E-state index contributed by atoms with van der Waals surface area (Å²) in [7, 11) is 0. The first-order valence-electron chi connectivity index (χ1n) is 13.6. The van der Waals surface area contributed by atoms with Gasteiger partial charge in [0.2, 0.25) is 0 Å². The summed E-state index contributed by atoms with van der Waals surface area (Å²) in [6.07, 6.45) is 4.79. The fourth-order valence-corrected chi connectivity index (χ4v) is 5.91. The number of amides is 1. The Morgan fingerprint density at radius 2 is 1.78 bits per heavy atom. The van der Waals surface area contributed by atoms with E-state index in [-0.39, 0.29) is 24.1 Å². The van der Waals surface area contributed by atoms with Crippen molar-refractivity contribution in [2.75, 3.05) is 48.3 Å². The van der Waals surface area contributed by atoms with E-state index < -0.39 is 23.3 Å². The molecule has 2 aliphatic heterocycles. The van der Waals surface area contributed by atoms with Gasteiger partial charge in [0.25, 0.3) is 0 Å². The van der Waals surface area contributed by atoms with Crippen molar-refractivity contribution >= 4 is 52.9 Å². The maximum Gasteiger partial charge on any atom is 0.407 e. The third kappa shape index (κ3) is 7.63. The monoisotopic (exact) mass is 607 g/mol. The van der Waals surface area contributed by atoms with Gasteiger partial charge < -0.3 is 35.8 Å². The molecule has 0 aliphatic carbocycles. The Balaban J connectivity index is 1.36. The van der Waals surface area contributed by atoms with Crippen LogP contribution in [0.25, 0.3) is 0 Å². The molecule has 12 nitrogen and oxygen atoms in total. The SMILES string of the molecule is CC1(CNC(=O)OC(C)(C)C)CCN(c2cnc(Sc3ccnc(N4CCC(O)(C(=O)O)CC4)c3Cl)c(N)n2)CC1. The van der Waals surface area contributed by atoms with E-state index in [1.54, 1.807) is 18.5 Å². The van der Waals surface area contributed by atoms with E-state index in [1.807, 2.05) is 25.7 Å². The van der Waals surface area contributed by atoms with E-state index in [2.05, 4.69) is 32.1 Å². The smallest absolute Gasteiger partial charge is 0.407 e. The van der Waals surface area contributed by atoms with Crippen molar-refractivity contribution in [2.24, 2.45) is 5.41 Å². The highest BCUT2D eigenvalue weighted by molar-refractivity contribution is 7.99. The van der Waals surface area contributed by atoms with Gasteiger partial charge in [0.05, 0.1) is 11.2 Å². The zero-order valence-corrected chi connectivity index (χ0v) is 25.4. The van der Waals surface area contributed by atoms with Gasteiger partial charge in [-0.2, -0.15) is 0 Å². The lowest BCUT2D eigenvalue weighted by Crippen LogP contribution is -2.49. The molecular formula is C27H38ClN7O5S. The van der Waals surface area contributed by atoms with E-state index >= 15 is 0 Å². The summed E-state index contributed by atoms with van der Waals surface area (Å²) < 4.78 is 5.35. The van der Waals surface area contributed by atoms with Crippen LogP contribution in [0.4, 0.5) is 22.2 Å². The van der Waals surface area contributed by atoms with Gasteiger partial charge in [-0.25, -0.2) is 24.5 Å². The predicted molar refractivity (Wildman–Crippen MR) is 158 cm³/mol. The minimum absolute atomic E-state index is 0.0569. The third-order valence-corrected chi connectivity index (χ3v) is 8.99. The number of rotatable bonds is 7. The number of nitrogens with zero attached hydrogens (tertiary/aromatic N) is 5. The lowest BCUT2D eigenvalue weighted by molar-refractivity contribution is -0.160. The summed E-state index contributed by atoms with van der Waals surface area (Å²) in [6.45, 7) is 10.3. The number of carbonyl (C=O) groups is 2. The predicted octanol–water partition coefficient (Wildman–Crippen LogP) is 3.81. The Morgan fingerprint density at radius 1 is 1.15 bits per heavy atom. The molecule has 0 aromatic carbocycles. The largest absolute Gasteiger partial charge is 0.479 e. The highest BCUT2D eigenvalue weighted by atomic mass is 35.5. The minimum atomic E-state index is -1.73. The zero-order chi connectivity index (χ0) is 30.0. The number of halogens is 1. The normalized spacial score (nSPS) is 18.6. The molecule has 2 aliphatic rings. The Labute approximate surface area is 249 Å². The number of nitrogens with two attached hydrogens (primary N) is 1. The average Bonchev–Trinajstić information content (AvgIpc) is 2.90. The van der Waals surface area contributed by atoms with Gasteiger partial charge in [0, 0.05) is 56.7 Å². The molecule has 1 amide bonds. The molecule has 2 fully saturated rings. The Morgan fingerprint density at radius 3 is 2.37 bits per heavy atom. The van der Waals surface area contributed by atoms with Crippen molar-refractivity contribution in [1.29, 1.82) is 0 Å². The van der Waals surface area contributed by atoms with Crippen LogP contribution in [0.2, 0.25) is 5.02 Å². The van der Waals surface area contributed by atoms with Gasteiger partial charge in [-0.05, 0) is 45.1 Å². The summed E-state index contributed by atoms with van der Waals surface area (Å²) in [5.41, 5.74) is 3.99. The van der Waals surface area contributed by atoms with Gasteiger partial charge in [-0.15, -0.1) is 0 Å². The van der Waals surface area contributed by atoms with Crippen molar-refractivity contribution in [3.05, 3.63) is 23.5 Å². The van der Waals surface area contributed by atoms with Crippen molar-refractivity contribution in [1.82, 2.24) is 20.3 Å². The van der Waals surface area contributed by atoms with Crippen LogP contribution < -0.4 is 20.9 Å². The van der Waals surface area contributed by atoms with Crippen molar-refractivity contribution in [3.63, 3.8) is 0 Å². The standard InChI is InChI=1S/C27H38ClN7O5S/c1-25(2,3)40-24(38)32-16-26(4)6-11-34(12-7-26)18-15-31-22(20(29)33-18)41-17-5-10-30-21(19(17)28)35-13-8-27(39,9-14-35)23(36)37/h5,10,15,39H,6-9,11-14,16H2,1-4H3,(H2,29,33)(H,32,38)(H,36,37). The van der Waals surface area contributed by atoms with Gasteiger partial charge in [0.1, 0.15) is 22.3 Å². The lowest BCUT2D eigenvalue weighted by Gasteiger charge is -2.40. The molecule has 0 spiro atoms. The quantitative estimate of drug-likeness (QED) is 0.360. The third-order valence-electron chi connectivity index (χ3n) is 7.43. The van der Waals surface area contributed by atoms with E-state index in [1.165, 1.54) is 11.8 Å². The van der Waals surface area contributed by atoms with Gasteiger partial charge >= 0.3 is 12.1 Å². The molecule has 0 bridgehead atoms. The Hall–Kier alpha value is -3.03. The molecule has 0 unspecified atom stereocenters. The molecule has 41 heavy (non-hydrogen) atoms. The van der Waals surface area contributed by atoms with Crippen LogP contribution in [0.3, 0.4) is 0 Å². The molecule has 2 saturated heterocycles. The first-order chi connectivity index (χ1) is 19.2. The molecule has 4 heterocycles. The number of pyridine rings is 1. The van der Waals surface area contributed by atoms with Gasteiger partial charge in [0.15, 0.2) is 11.4 Å². The molecule has 0 saturated carbocycles. The van der Waals surface area contributed by atoms with E-state index in [0.717, 1.165) is 25.9 Å². The second kappa shape index (κ2) is 12.1. The summed E-state index contributed by atoms with van der Waals surface area (Å²) in [6, 6.07) is 1.76. The molecule has 5 N–H and O–H groups in total. The number of carbonyl (C=O) groups excluding carboxylic acids is 1. The second-order valence-corrected chi connectivity index (χ2v) is 13.4. The number of aliphatic carboxylic acids is 1. The zero-order valence-electron chi connectivity index (χ0n) is 23.8. The number of hydrogen-bond donors (Lipinski definition) is 4. The number of anilines is 3. The molecule has 2 aromatic heterocycles. The minimum Gasteiger partial charge on any atom is -0.479 e. The molecule has 4 rings (SSSR count).